The number of nitrogens with one attached hydrogen (secondary N) is 1. The molecule has 2 N–H and O–H groups in total. The zero-order valence-corrected chi connectivity index (χ0v) is 13.4. The number of hydrogen-bond acceptors (Lipinski definition) is 4. The van der Waals surface area contributed by atoms with Crippen molar-refractivity contribution in [2.45, 2.75) is 38.6 Å². The third-order valence-corrected chi connectivity index (χ3v) is 3.91. The highest BCUT2D eigenvalue weighted by molar-refractivity contribution is 5.42. The lowest BCUT2D eigenvalue weighted by molar-refractivity contribution is 0.196. The Bertz CT molecular complexity index is 485. The first-order chi connectivity index (χ1) is 10.8. The Morgan fingerprint density at radius 1 is 1.23 bits per heavy atom. The van der Waals surface area contributed by atoms with E-state index in [1.54, 1.807) is 12.7 Å². The molecule has 0 radical (unpaired) electrons. The summed E-state index contributed by atoms with van der Waals surface area (Å²) in [5.41, 5.74) is 2.77. The van der Waals surface area contributed by atoms with Crippen molar-refractivity contribution in [3.05, 3.63) is 35.4 Å². The highest BCUT2D eigenvalue weighted by atomic mass is 16.5. The third kappa shape index (κ3) is 5.35. The van der Waals surface area contributed by atoms with Crippen LogP contribution in [0.15, 0.2) is 29.8 Å². The molecule has 122 valence electrons. The molecule has 0 bridgehead atoms. The van der Waals surface area contributed by atoms with Crippen molar-refractivity contribution in [2.24, 2.45) is 0 Å². The van der Waals surface area contributed by atoms with E-state index < -0.39 is 0 Å². The van der Waals surface area contributed by atoms with Gasteiger partial charge in [-0.1, -0.05) is 17.7 Å². The van der Waals surface area contributed by atoms with E-state index in [9.17, 15) is 0 Å². The highest BCUT2D eigenvalue weighted by Crippen LogP contribution is 2.28. The molecule has 0 atom stereocenters. The summed E-state index contributed by atoms with van der Waals surface area (Å²) in [6, 6.07) is 5.91. The minimum absolute atomic E-state index is 0.00229. The van der Waals surface area contributed by atoms with Gasteiger partial charge in [-0.25, -0.2) is 0 Å². The molecule has 0 spiro atoms. The molecule has 4 heteroatoms. The van der Waals surface area contributed by atoms with Gasteiger partial charge in [-0.3, -0.25) is 0 Å². The quantitative estimate of drug-likeness (QED) is 0.544. The fraction of sp³-hybridized carbons (Fsp3) is 0.556. The lowest BCUT2D eigenvalue weighted by Gasteiger charge is -2.14. The average molecular weight is 305 g/mol. The standard InChI is InChI=1S/C18H27NO3/c1-21-18-13-16(7-8-17(18)22-12-11-20)14-19-10-9-15-5-3-2-4-6-15/h5,7-8,13,19-20H,2-4,6,9-12,14H2,1H3. The van der Waals surface area contributed by atoms with Crippen LogP contribution in [0, 0.1) is 0 Å². The van der Waals surface area contributed by atoms with E-state index >= 15 is 0 Å². The monoisotopic (exact) mass is 305 g/mol. The van der Waals surface area contributed by atoms with Crippen molar-refractivity contribution in [3.8, 4) is 11.5 Å². The van der Waals surface area contributed by atoms with E-state index in [1.807, 2.05) is 18.2 Å². The van der Waals surface area contributed by atoms with E-state index in [4.69, 9.17) is 14.6 Å². The molecule has 1 aliphatic rings. The molecule has 1 aliphatic carbocycles. The summed E-state index contributed by atoms with van der Waals surface area (Å²) in [7, 11) is 1.63. The van der Waals surface area contributed by atoms with E-state index in [0.29, 0.717) is 11.5 Å². The Hall–Kier alpha value is -1.52. The van der Waals surface area contributed by atoms with Crippen LogP contribution in [0.3, 0.4) is 0 Å². The molecule has 1 aromatic rings. The van der Waals surface area contributed by atoms with Gasteiger partial charge in [-0.2, -0.15) is 0 Å². The predicted octanol–water partition coefficient (Wildman–Crippen LogP) is 3.05. The Labute approximate surface area is 133 Å². The van der Waals surface area contributed by atoms with Crippen molar-refractivity contribution in [2.75, 3.05) is 26.9 Å². The van der Waals surface area contributed by atoms with Crippen LogP contribution in [-0.2, 0) is 6.54 Å². The first kappa shape index (κ1) is 16.8. The van der Waals surface area contributed by atoms with Gasteiger partial charge in [0.2, 0.25) is 0 Å². The molecule has 0 unspecified atom stereocenters. The van der Waals surface area contributed by atoms with Crippen molar-refractivity contribution < 1.29 is 14.6 Å². The first-order valence-corrected chi connectivity index (χ1v) is 8.12. The Balaban J connectivity index is 1.78. The lowest BCUT2D eigenvalue weighted by Crippen LogP contribution is -2.15. The topological polar surface area (TPSA) is 50.7 Å². The molecule has 0 aromatic heterocycles. The molecule has 0 heterocycles. The number of ether oxygens (including phenoxy) is 2. The molecule has 22 heavy (non-hydrogen) atoms. The summed E-state index contributed by atoms with van der Waals surface area (Å²) in [6.45, 7) is 2.12. The minimum atomic E-state index is 0.00229. The van der Waals surface area contributed by atoms with E-state index in [-0.39, 0.29) is 13.2 Å². The van der Waals surface area contributed by atoms with E-state index in [0.717, 1.165) is 19.5 Å². The smallest absolute Gasteiger partial charge is 0.161 e. The average Bonchev–Trinajstić information content (AvgIpc) is 2.58. The number of rotatable bonds is 9. The van der Waals surface area contributed by atoms with Gasteiger partial charge in [-0.15, -0.1) is 0 Å². The van der Waals surface area contributed by atoms with Gasteiger partial charge in [0.15, 0.2) is 11.5 Å². The van der Waals surface area contributed by atoms with Crippen LogP contribution in [0.5, 0.6) is 11.5 Å². The normalized spacial score (nSPS) is 14.5. The Morgan fingerprint density at radius 3 is 2.86 bits per heavy atom. The molecule has 0 saturated carbocycles. The summed E-state index contributed by atoms with van der Waals surface area (Å²) in [6.07, 6.45) is 8.77. The van der Waals surface area contributed by atoms with Gasteiger partial charge in [0.1, 0.15) is 6.61 Å². The molecular formula is C18H27NO3. The van der Waals surface area contributed by atoms with Gasteiger partial charge in [-0.05, 0) is 56.3 Å². The van der Waals surface area contributed by atoms with Crippen LogP contribution >= 0.6 is 0 Å². The Kier molecular flexibility index (Phi) is 7.26. The van der Waals surface area contributed by atoms with Crippen molar-refractivity contribution in [1.82, 2.24) is 5.32 Å². The highest BCUT2D eigenvalue weighted by Gasteiger charge is 2.06. The Morgan fingerprint density at radius 2 is 2.14 bits per heavy atom. The maximum absolute atomic E-state index is 8.82. The largest absolute Gasteiger partial charge is 0.493 e. The second-order valence-electron chi connectivity index (χ2n) is 5.59. The van der Waals surface area contributed by atoms with Gasteiger partial charge in [0.25, 0.3) is 0 Å². The minimum Gasteiger partial charge on any atom is -0.493 e. The number of hydrogen-bond donors (Lipinski definition) is 2. The second-order valence-corrected chi connectivity index (χ2v) is 5.59. The summed E-state index contributed by atoms with van der Waals surface area (Å²) in [4.78, 5) is 0. The number of allylic oxidation sites excluding steroid dienone is 1. The van der Waals surface area contributed by atoms with Gasteiger partial charge in [0.05, 0.1) is 13.7 Å². The maximum Gasteiger partial charge on any atom is 0.161 e. The van der Waals surface area contributed by atoms with Crippen LogP contribution in [0.25, 0.3) is 0 Å². The molecule has 2 rings (SSSR count). The van der Waals surface area contributed by atoms with Crippen LogP contribution in [0.1, 0.15) is 37.7 Å². The van der Waals surface area contributed by atoms with Gasteiger partial charge in [0, 0.05) is 6.54 Å². The number of benzene rings is 1. The SMILES string of the molecule is COc1cc(CNCCC2=CCCCC2)ccc1OCCO. The van der Waals surface area contributed by atoms with Crippen LogP contribution < -0.4 is 14.8 Å². The zero-order chi connectivity index (χ0) is 15.6. The van der Waals surface area contributed by atoms with E-state index in [2.05, 4.69) is 11.4 Å². The number of aliphatic hydroxyl groups is 1. The zero-order valence-electron chi connectivity index (χ0n) is 13.4. The number of aliphatic hydroxyl groups excluding tert-OH is 1. The molecule has 0 fully saturated rings. The van der Waals surface area contributed by atoms with Crippen LogP contribution in [0.2, 0.25) is 0 Å². The summed E-state index contributed by atoms with van der Waals surface area (Å²) < 4.78 is 10.8. The molecular weight excluding hydrogens is 278 g/mol. The first-order valence-electron chi connectivity index (χ1n) is 8.12. The van der Waals surface area contributed by atoms with Crippen LogP contribution in [0.4, 0.5) is 0 Å². The lowest BCUT2D eigenvalue weighted by atomic mass is 9.97. The fourth-order valence-electron chi connectivity index (χ4n) is 2.71. The molecule has 0 saturated heterocycles. The molecule has 1 aromatic carbocycles. The van der Waals surface area contributed by atoms with Crippen molar-refractivity contribution >= 4 is 0 Å². The van der Waals surface area contributed by atoms with Crippen molar-refractivity contribution in [1.29, 1.82) is 0 Å². The molecule has 0 aliphatic heterocycles. The maximum atomic E-state index is 8.82. The summed E-state index contributed by atoms with van der Waals surface area (Å²) in [5.74, 6) is 1.38. The van der Waals surface area contributed by atoms with Crippen molar-refractivity contribution in [3.63, 3.8) is 0 Å². The molecule has 4 nitrogen and oxygen atoms in total. The predicted molar refractivity (Wildman–Crippen MR) is 88.4 cm³/mol. The number of methoxy groups -OCH3 is 1. The van der Waals surface area contributed by atoms with Crippen LogP contribution in [-0.4, -0.2) is 32.0 Å². The summed E-state index contributed by atoms with van der Waals surface area (Å²) >= 11 is 0. The van der Waals surface area contributed by atoms with Gasteiger partial charge >= 0.3 is 0 Å². The summed E-state index contributed by atoms with van der Waals surface area (Å²) in [5, 5.41) is 12.3. The second kappa shape index (κ2) is 9.49. The van der Waals surface area contributed by atoms with E-state index in [1.165, 1.54) is 31.2 Å². The molecule has 0 amide bonds. The van der Waals surface area contributed by atoms with Gasteiger partial charge < -0.3 is 19.9 Å². The third-order valence-electron chi connectivity index (χ3n) is 3.91. The fourth-order valence-corrected chi connectivity index (χ4v) is 2.71.